The topological polar surface area (TPSA) is 86.5 Å². The Kier molecular flexibility index (Phi) is 3.21. The number of aromatic amines is 2. The monoisotopic (exact) mass is 283 g/mol. The van der Waals surface area contributed by atoms with Crippen LogP contribution in [0, 0.1) is 13.8 Å². The van der Waals surface area contributed by atoms with Crippen molar-refractivity contribution in [3.63, 3.8) is 0 Å². The Morgan fingerprint density at radius 2 is 2.05 bits per heavy atom. The number of H-pyrrole nitrogens is 2. The lowest BCUT2D eigenvalue weighted by atomic mass is 10.1. The zero-order chi connectivity index (χ0) is 15.0. The van der Waals surface area contributed by atoms with Gasteiger partial charge in [0.2, 0.25) is 0 Å². The first kappa shape index (κ1) is 13.4. The van der Waals surface area contributed by atoms with Crippen molar-refractivity contribution in [1.29, 1.82) is 0 Å². The Morgan fingerprint density at radius 1 is 1.29 bits per heavy atom. The highest BCUT2D eigenvalue weighted by atomic mass is 16.1. The number of nitrogens with one attached hydrogen (secondary N) is 3. The first-order chi connectivity index (χ1) is 10.1. The van der Waals surface area contributed by atoms with Crippen molar-refractivity contribution in [3.8, 4) is 0 Å². The van der Waals surface area contributed by atoms with Gasteiger partial charge in [0, 0.05) is 5.69 Å². The van der Waals surface area contributed by atoms with Gasteiger partial charge in [-0.05, 0) is 32.9 Å². The Balaban J connectivity index is 1.82. The van der Waals surface area contributed by atoms with Crippen LogP contribution in [0.1, 0.15) is 40.5 Å². The SMILES string of the molecule is Cc1n[nH]c(C)c1C(=O)NC(C)c1nc2ccccc2[nH]1. The first-order valence-electron chi connectivity index (χ1n) is 6.83. The van der Waals surface area contributed by atoms with Crippen molar-refractivity contribution in [3.05, 3.63) is 47.0 Å². The van der Waals surface area contributed by atoms with E-state index >= 15 is 0 Å². The summed E-state index contributed by atoms with van der Waals surface area (Å²) >= 11 is 0. The fourth-order valence-corrected chi connectivity index (χ4v) is 2.40. The van der Waals surface area contributed by atoms with Gasteiger partial charge in [0.1, 0.15) is 5.82 Å². The lowest BCUT2D eigenvalue weighted by molar-refractivity contribution is 0.0937. The Labute approximate surface area is 122 Å². The van der Waals surface area contributed by atoms with E-state index in [-0.39, 0.29) is 11.9 Å². The number of hydrogen-bond donors (Lipinski definition) is 3. The number of aromatic nitrogens is 4. The van der Waals surface area contributed by atoms with E-state index in [0.717, 1.165) is 22.6 Å². The van der Waals surface area contributed by atoms with E-state index in [4.69, 9.17) is 0 Å². The van der Waals surface area contributed by atoms with Crippen molar-refractivity contribution in [2.75, 3.05) is 0 Å². The number of amides is 1. The van der Waals surface area contributed by atoms with Crippen LogP contribution in [0.3, 0.4) is 0 Å². The molecule has 2 heterocycles. The van der Waals surface area contributed by atoms with Crippen molar-refractivity contribution < 1.29 is 4.79 Å². The zero-order valence-corrected chi connectivity index (χ0v) is 12.2. The van der Waals surface area contributed by atoms with Gasteiger partial charge in [0.25, 0.3) is 5.91 Å². The minimum Gasteiger partial charge on any atom is -0.342 e. The fraction of sp³-hybridized carbons (Fsp3) is 0.267. The molecule has 3 aromatic rings. The van der Waals surface area contributed by atoms with E-state index in [1.54, 1.807) is 0 Å². The number of para-hydroxylation sites is 2. The summed E-state index contributed by atoms with van der Waals surface area (Å²) in [6, 6.07) is 7.58. The number of fused-ring (bicyclic) bond motifs is 1. The van der Waals surface area contributed by atoms with E-state index in [0.29, 0.717) is 11.3 Å². The summed E-state index contributed by atoms with van der Waals surface area (Å²) in [5.74, 6) is 0.593. The summed E-state index contributed by atoms with van der Waals surface area (Å²) < 4.78 is 0. The molecule has 0 aliphatic carbocycles. The van der Waals surface area contributed by atoms with Gasteiger partial charge in [-0.15, -0.1) is 0 Å². The minimum absolute atomic E-state index is 0.147. The van der Waals surface area contributed by atoms with Gasteiger partial charge in [-0.25, -0.2) is 4.98 Å². The third-order valence-electron chi connectivity index (χ3n) is 3.52. The van der Waals surface area contributed by atoms with E-state index in [1.807, 2.05) is 45.0 Å². The molecule has 0 bridgehead atoms. The van der Waals surface area contributed by atoms with Crippen LogP contribution in [-0.4, -0.2) is 26.1 Å². The Hall–Kier alpha value is -2.63. The number of rotatable bonds is 3. The molecule has 0 aliphatic heterocycles. The molecule has 0 fully saturated rings. The maximum atomic E-state index is 12.3. The van der Waals surface area contributed by atoms with Crippen LogP contribution in [-0.2, 0) is 0 Å². The summed E-state index contributed by atoms with van der Waals surface area (Å²) in [7, 11) is 0. The van der Waals surface area contributed by atoms with Gasteiger partial charge in [0.05, 0.1) is 28.3 Å². The third kappa shape index (κ3) is 2.40. The summed E-state index contributed by atoms with van der Waals surface area (Å²) in [6.07, 6.45) is 0. The van der Waals surface area contributed by atoms with Crippen molar-refractivity contribution in [2.45, 2.75) is 26.8 Å². The molecule has 1 amide bonds. The molecule has 0 spiro atoms. The maximum Gasteiger partial charge on any atom is 0.255 e. The highest BCUT2D eigenvalue weighted by molar-refractivity contribution is 5.96. The van der Waals surface area contributed by atoms with Crippen molar-refractivity contribution in [1.82, 2.24) is 25.5 Å². The second-order valence-electron chi connectivity index (χ2n) is 5.14. The molecule has 0 saturated heterocycles. The largest absolute Gasteiger partial charge is 0.342 e. The molecule has 3 rings (SSSR count). The Bertz CT molecular complexity index is 749. The standard InChI is InChI=1S/C15H17N5O/c1-8-13(9(2)20-19-8)15(21)16-10(3)14-17-11-6-4-5-7-12(11)18-14/h4-7,10H,1-3H3,(H,16,21)(H,17,18)(H,19,20). The number of nitrogens with zero attached hydrogens (tertiary/aromatic N) is 2. The fourth-order valence-electron chi connectivity index (χ4n) is 2.40. The van der Waals surface area contributed by atoms with E-state index < -0.39 is 0 Å². The number of carbonyl (C=O) groups is 1. The van der Waals surface area contributed by atoms with Crippen molar-refractivity contribution >= 4 is 16.9 Å². The number of carbonyl (C=O) groups excluding carboxylic acids is 1. The summed E-state index contributed by atoms with van der Waals surface area (Å²) in [4.78, 5) is 20.1. The van der Waals surface area contributed by atoms with Crippen LogP contribution in [0.25, 0.3) is 11.0 Å². The average molecular weight is 283 g/mol. The molecular formula is C15H17N5O. The van der Waals surface area contributed by atoms with Crippen molar-refractivity contribution in [2.24, 2.45) is 0 Å². The molecule has 21 heavy (non-hydrogen) atoms. The predicted octanol–water partition coefficient (Wildman–Crippen LogP) is 2.39. The lowest BCUT2D eigenvalue weighted by Gasteiger charge is -2.11. The zero-order valence-electron chi connectivity index (χ0n) is 12.2. The van der Waals surface area contributed by atoms with Gasteiger partial charge in [0.15, 0.2) is 0 Å². The summed E-state index contributed by atoms with van der Waals surface area (Å²) in [5.41, 5.74) is 3.91. The van der Waals surface area contributed by atoms with Crippen LogP contribution in [0.4, 0.5) is 0 Å². The molecular weight excluding hydrogens is 266 g/mol. The average Bonchev–Trinajstić information content (AvgIpc) is 3.02. The molecule has 1 aromatic carbocycles. The maximum absolute atomic E-state index is 12.3. The molecule has 0 aliphatic rings. The van der Waals surface area contributed by atoms with Crippen LogP contribution in [0.15, 0.2) is 24.3 Å². The van der Waals surface area contributed by atoms with E-state index in [1.165, 1.54) is 0 Å². The predicted molar refractivity (Wildman–Crippen MR) is 80.0 cm³/mol. The second kappa shape index (κ2) is 5.05. The molecule has 3 N–H and O–H groups in total. The van der Waals surface area contributed by atoms with E-state index in [2.05, 4.69) is 25.5 Å². The quantitative estimate of drug-likeness (QED) is 0.689. The molecule has 108 valence electrons. The summed E-state index contributed by atoms with van der Waals surface area (Å²) in [6.45, 7) is 5.55. The van der Waals surface area contributed by atoms with Crippen LogP contribution in [0.2, 0.25) is 0 Å². The number of aryl methyl sites for hydroxylation is 2. The van der Waals surface area contributed by atoms with Crippen LogP contribution < -0.4 is 5.32 Å². The van der Waals surface area contributed by atoms with E-state index in [9.17, 15) is 4.79 Å². The smallest absolute Gasteiger partial charge is 0.255 e. The number of benzene rings is 1. The molecule has 1 atom stereocenters. The summed E-state index contributed by atoms with van der Waals surface area (Å²) in [5, 5.41) is 9.81. The highest BCUT2D eigenvalue weighted by Gasteiger charge is 2.19. The lowest BCUT2D eigenvalue weighted by Crippen LogP contribution is -2.28. The third-order valence-corrected chi connectivity index (χ3v) is 3.52. The van der Waals surface area contributed by atoms with Crippen LogP contribution >= 0.6 is 0 Å². The second-order valence-corrected chi connectivity index (χ2v) is 5.14. The molecule has 2 aromatic heterocycles. The van der Waals surface area contributed by atoms with Gasteiger partial charge in [-0.3, -0.25) is 9.89 Å². The first-order valence-corrected chi connectivity index (χ1v) is 6.83. The minimum atomic E-state index is -0.210. The normalized spacial score (nSPS) is 12.5. The Morgan fingerprint density at radius 3 is 2.71 bits per heavy atom. The van der Waals surface area contributed by atoms with Gasteiger partial charge >= 0.3 is 0 Å². The van der Waals surface area contributed by atoms with Gasteiger partial charge in [-0.1, -0.05) is 12.1 Å². The van der Waals surface area contributed by atoms with Gasteiger partial charge < -0.3 is 10.3 Å². The number of hydrogen-bond acceptors (Lipinski definition) is 3. The number of imidazole rings is 1. The molecule has 0 saturated carbocycles. The molecule has 1 unspecified atom stereocenters. The highest BCUT2D eigenvalue weighted by Crippen LogP contribution is 2.17. The van der Waals surface area contributed by atoms with Gasteiger partial charge in [-0.2, -0.15) is 5.10 Å². The van der Waals surface area contributed by atoms with Crippen LogP contribution in [0.5, 0.6) is 0 Å². The molecule has 0 radical (unpaired) electrons. The molecule has 6 heteroatoms. The molecule has 6 nitrogen and oxygen atoms in total.